The van der Waals surface area contributed by atoms with E-state index < -0.39 is 14.9 Å². The van der Waals surface area contributed by atoms with Gasteiger partial charge in [0.2, 0.25) is 10.0 Å². The second kappa shape index (κ2) is 11.6. The minimum atomic E-state index is -3.50. The smallest absolute Gasteiger partial charge is 0.258 e. The first-order valence-corrected chi connectivity index (χ1v) is 10.4. The zero-order valence-corrected chi connectivity index (χ0v) is 15.5. The summed E-state index contributed by atoms with van der Waals surface area (Å²) < 4.78 is 23.7. The Morgan fingerprint density at radius 1 is 1.08 bits per heavy atom. The van der Waals surface area contributed by atoms with E-state index >= 15 is 0 Å². The van der Waals surface area contributed by atoms with Gasteiger partial charge in [-0.3, -0.25) is 10.1 Å². The molecule has 0 saturated heterocycles. The summed E-state index contributed by atoms with van der Waals surface area (Å²) >= 11 is 0. The van der Waals surface area contributed by atoms with Gasteiger partial charge in [-0.1, -0.05) is 64.0 Å². The Morgan fingerprint density at radius 3 is 2.32 bits per heavy atom. The van der Waals surface area contributed by atoms with Crippen molar-refractivity contribution >= 4 is 21.9 Å². The van der Waals surface area contributed by atoms with Gasteiger partial charge in [0.1, 0.15) is 0 Å². The number of rotatable bonds is 13. The summed E-state index contributed by atoms with van der Waals surface area (Å²) in [7, 11) is -3.50. The molecular formula is C17H27N3O4S. The van der Waals surface area contributed by atoms with Crippen LogP contribution in [0.5, 0.6) is 0 Å². The first-order valence-electron chi connectivity index (χ1n) is 8.72. The Kier molecular flexibility index (Phi) is 9.76. The van der Waals surface area contributed by atoms with Gasteiger partial charge in [-0.05, 0) is 12.5 Å². The Morgan fingerprint density at radius 2 is 1.68 bits per heavy atom. The molecule has 25 heavy (non-hydrogen) atoms. The van der Waals surface area contributed by atoms with E-state index in [2.05, 4.69) is 16.9 Å². The third-order valence-corrected chi connectivity index (χ3v) is 5.01. The van der Waals surface area contributed by atoms with Crippen LogP contribution in [0, 0.1) is 10.1 Å². The number of nitro groups is 1. The summed E-state index contributed by atoms with van der Waals surface area (Å²) in [5, 5.41) is 14.5. The molecule has 1 aromatic rings. The van der Waals surface area contributed by atoms with Crippen molar-refractivity contribution < 1.29 is 13.3 Å². The van der Waals surface area contributed by atoms with E-state index in [0.29, 0.717) is 6.42 Å². The fraction of sp³-hybridized carbons (Fsp3) is 0.588. The van der Waals surface area contributed by atoms with Crippen molar-refractivity contribution in [2.45, 2.75) is 58.3 Å². The summed E-state index contributed by atoms with van der Waals surface area (Å²) in [5.74, 6) is 0.0101. The van der Waals surface area contributed by atoms with E-state index in [4.69, 9.17) is 0 Å². The van der Waals surface area contributed by atoms with Crippen LogP contribution >= 0.6 is 0 Å². The molecule has 0 radical (unpaired) electrons. The maximum absolute atomic E-state index is 11.9. The lowest BCUT2D eigenvalue weighted by Crippen LogP contribution is -2.21. The minimum Gasteiger partial charge on any atom is -0.258 e. The summed E-state index contributed by atoms with van der Waals surface area (Å²) in [6.07, 6.45) is 9.73. The molecule has 1 aromatic carbocycles. The molecular weight excluding hydrogens is 342 g/mol. The predicted molar refractivity (Wildman–Crippen MR) is 100 cm³/mol. The van der Waals surface area contributed by atoms with Gasteiger partial charge in [0, 0.05) is 6.07 Å². The monoisotopic (exact) mass is 369 g/mol. The van der Waals surface area contributed by atoms with Crippen LogP contribution < -0.4 is 4.83 Å². The highest BCUT2D eigenvalue weighted by atomic mass is 32.2. The molecule has 140 valence electrons. The number of hydrogen-bond donors (Lipinski definition) is 1. The van der Waals surface area contributed by atoms with Gasteiger partial charge in [-0.2, -0.15) is 5.10 Å². The van der Waals surface area contributed by atoms with Crippen LogP contribution in [-0.4, -0.2) is 25.3 Å². The molecule has 0 aliphatic carbocycles. The zero-order chi connectivity index (χ0) is 18.5. The summed E-state index contributed by atoms with van der Waals surface area (Å²) in [5.41, 5.74) is 0.135. The number of sulfonamides is 1. The number of benzene rings is 1. The molecule has 0 heterocycles. The molecule has 7 nitrogen and oxygen atoms in total. The normalized spacial score (nSPS) is 11.7. The Balaban J connectivity index is 2.33. The second-order valence-corrected chi connectivity index (χ2v) is 7.78. The fourth-order valence-electron chi connectivity index (χ4n) is 2.41. The van der Waals surface area contributed by atoms with E-state index in [9.17, 15) is 18.5 Å². The number of nitro benzene ring substituents is 1. The Bertz CT molecular complexity index is 660. The molecule has 1 N–H and O–H groups in total. The quantitative estimate of drug-likeness (QED) is 0.246. The number of hydrazone groups is 1. The van der Waals surface area contributed by atoms with E-state index in [1.165, 1.54) is 37.8 Å². The van der Waals surface area contributed by atoms with Crippen molar-refractivity contribution in [2.75, 3.05) is 5.75 Å². The lowest BCUT2D eigenvalue weighted by Gasteiger charge is -2.04. The topological polar surface area (TPSA) is 102 Å². The maximum atomic E-state index is 11.9. The third-order valence-electron chi connectivity index (χ3n) is 3.80. The van der Waals surface area contributed by atoms with Crippen molar-refractivity contribution in [2.24, 2.45) is 5.10 Å². The van der Waals surface area contributed by atoms with E-state index in [-0.39, 0.29) is 17.0 Å². The van der Waals surface area contributed by atoms with Crippen molar-refractivity contribution in [3.8, 4) is 0 Å². The van der Waals surface area contributed by atoms with Gasteiger partial charge in [0.15, 0.2) is 0 Å². The van der Waals surface area contributed by atoms with Gasteiger partial charge < -0.3 is 0 Å². The van der Waals surface area contributed by atoms with Crippen LogP contribution in [0.2, 0.25) is 0 Å². The molecule has 1 rings (SSSR count). The number of nitrogens with zero attached hydrogens (tertiary/aromatic N) is 2. The molecule has 0 aliphatic rings. The van der Waals surface area contributed by atoms with E-state index in [1.54, 1.807) is 12.1 Å². The fourth-order valence-corrected chi connectivity index (χ4v) is 3.30. The molecule has 0 aromatic heterocycles. The lowest BCUT2D eigenvalue weighted by atomic mass is 10.1. The maximum Gasteiger partial charge on any atom is 0.278 e. The van der Waals surface area contributed by atoms with Crippen LogP contribution in [0.3, 0.4) is 0 Å². The summed E-state index contributed by atoms with van der Waals surface area (Å²) in [6.45, 7) is 2.18. The molecule has 0 atom stereocenters. The van der Waals surface area contributed by atoms with Gasteiger partial charge in [-0.25, -0.2) is 13.2 Å². The number of hydrogen-bond acceptors (Lipinski definition) is 5. The summed E-state index contributed by atoms with van der Waals surface area (Å²) in [6, 6.07) is 6.02. The molecule has 0 bridgehead atoms. The predicted octanol–water partition coefficient (Wildman–Crippen LogP) is 3.99. The SMILES string of the molecule is CCCCCCCCCCS(=O)(=O)N/N=C/c1ccccc1[N+](=O)[O-]. The van der Waals surface area contributed by atoms with Crippen molar-refractivity contribution in [1.29, 1.82) is 0 Å². The molecule has 0 fully saturated rings. The number of nitrogens with one attached hydrogen (secondary N) is 1. The van der Waals surface area contributed by atoms with Gasteiger partial charge >= 0.3 is 0 Å². The zero-order valence-electron chi connectivity index (χ0n) is 14.7. The van der Waals surface area contributed by atoms with Gasteiger partial charge in [0.25, 0.3) is 5.69 Å². The summed E-state index contributed by atoms with van der Waals surface area (Å²) in [4.78, 5) is 12.5. The highest BCUT2D eigenvalue weighted by molar-refractivity contribution is 7.89. The average molecular weight is 369 g/mol. The third kappa shape index (κ3) is 9.19. The van der Waals surface area contributed by atoms with Crippen molar-refractivity contribution in [1.82, 2.24) is 4.83 Å². The molecule has 0 spiro atoms. The second-order valence-electron chi connectivity index (χ2n) is 5.96. The molecule has 0 aliphatic heterocycles. The average Bonchev–Trinajstić information content (AvgIpc) is 2.57. The Labute approximate surface area is 149 Å². The molecule has 0 amide bonds. The van der Waals surface area contributed by atoms with Crippen LogP contribution in [0.25, 0.3) is 0 Å². The van der Waals surface area contributed by atoms with Crippen molar-refractivity contribution in [3.05, 3.63) is 39.9 Å². The van der Waals surface area contributed by atoms with E-state index in [0.717, 1.165) is 25.5 Å². The molecule has 0 unspecified atom stereocenters. The van der Waals surface area contributed by atoms with Crippen LogP contribution in [0.4, 0.5) is 5.69 Å². The lowest BCUT2D eigenvalue weighted by molar-refractivity contribution is -0.385. The standard InChI is InChI=1S/C17H27N3O4S/c1-2-3-4-5-6-7-8-11-14-25(23,24)19-18-15-16-12-9-10-13-17(16)20(21)22/h9-10,12-13,15,19H,2-8,11,14H2,1H3/b18-15+. The van der Waals surface area contributed by atoms with Crippen LogP contribution in [0.1, 0.15) is 63.9 Å². The van der Waals surface area contributed by atoms with E-state index in [1.807, 2.05) is 0 Å². The van der Waals surface area contributed by atoms with Gasteiger partial charge in [0.05, 0.1) is 22.5 Å². The van der Waals surface area contributed by atoms with Crippen LogP contribution in [-0.2, 0) is 10.0 Å². The van der Waals surface area contributed by atoms with Gasteiger partial charge in [-0.15, -0.1) is 0 Å². The Hall–Kier alpha value is -1.96. The first-order chi connectivity index (χ1) is 12.0. The number of unbranched alkanes of at least 4 members (excludes halogenated alkanes) is 7. The number of para-hydroxylation sites is 1. The molecule has 8 heteroatoms. The molecule has 0 saturated carbocycles. The largest absolute Gasteiger partial charge is 0.278 e. The minimum absolute atomic E-state index is 0.0101. The first kappa shape index (κ1) is 21.1. The van der Waals surface area contributed by atoms with Crippen molar-refractivity contribution in [3.63, 3.8) is 0 Å². The highest BCUT2D eigenvalue weighted by Gasteiger charge is 2.11. The van der Waals surface area contributed by atoms with Crippen LogP contribution in [0.15, 0.2) is 29.4 Å². The highest BCUT2D eigenvalue weighted by Crippen LogP contribution is 2.15.